The molecule has 3 aromatic rings. The first-order chi connectivity index (χ1) is 13.1. The van der Waals surface area contributed by atoms with E-state index in [1.54, 1.807) is 24.7 Å². The molecule has 0 unspecified atom stereocenters. The molecule has 2 aromatic heterocycles. The number of hydrogen-bond acceptors (Lipinski definition) is 6. The van der Waals surface area contributed by atoms with Crippen LogP contribution >= 0.6 is 0 Å². The normalized spacial score (nSPS) is 9.56. The number of rotatable bonds is 5. The minimum Gasteiger partial charge on any atom is -0.388 e. The summed E-state index contributed by atoms with van der Waals surface area (Å²) in [5, 5.41) is 3.07. The summed E-state index contributed by atoms with van der Waals surface area (Å²) < 4.78 is 0. The fourth-order valence-corrected chi connectivity index (χ4v) is 2.38. The van der Waals surface area contributed by atoms with Crippen LogP contribution in [0.25, 0.3) is 11.3 Å². The minimum atomic E-state index is 0.250. The van der Waals surface area contributed by atoms with Crippen LogP contribution in [-0.2, 0) is 9.59 Å². The van der Waals surface area contributed by atoms with Gasteiger partial charge in [-0.05, 0) is 42.8 Å². The molecule has 0 radical (unpaired) electrons. The Morgan fingerprint density at radius 3 is 2.56 bits per heavy atom. The molecule has 0 aliphatic carbocycles. The maximum atomic E-state index is 11.7. The van der Waals surface area contributed by atoms with Crippen molar-refractivity contribution in [3.05, 3.63) is 60.6 Å². The van der Waals surface area contributed by atoms with Crippen LogP contribution in [0.2, 0.25) is 0 Å². The molecule has 0 saturated heterocycles. The lowest BCUT2D eigenvalue weighted by molar-refractivity contribution is -0.107. The lowest BCUT2D eigenvalue weighted by Crippen LogP contribution is -2.18. The topological polar surface area (TPSA) is 114 Å². The highest BCUT2D eigenvalue weighted by atomic mass is 16.1. The molecular formula is C19H20N6O2. The van der Waals surface area contributed by atoms with Crippen molar-refractivity contribution in [3.8, 4) is 11.3 Å². The maximum absolute atomic E-state index is 11.7. The number of carbonyl (C=O) groups excluding carboxylic acids is 2. The summed E-state index contributed by atoms with van der Waals surface area (Å²) in [6.07, 6.45) is 6.04. The summed E-state index contributed by atoms with van der Waals surface area (Å²) in [6, 6.07) is 11.3. The zero-order valence-corrected chi connectivity index (χ0v) is 15.0. The van der Waals surface area contributed by atoms with Gasteiger partial charge < -0.3 is 11.1 Å². The van der Waals surface area contributed by atoms with Crippen molar-refractivity contribution in [1.29, 1.82) is 0 Å². The number of aromatic nitrogens is 3. The Labute approximate surface area is 157 Å². The smallest absolute Gasteiger partial charge is 0.237 e. The van der Waals surface area contributed by atoms with Crippen molar-refractivity contribution >= 4 is 30.1 Å². The number of amides is 2. The SMILES string of the molecule is CNc1ccc(C)c(N(C=O)c2nccc(-c3cccnc3)n2)c1.NC=O. The van der Waals surface area contributed by atoms with E-state index in [1.807, 2.05) is 44.3 Å². The molecule has 0 bridgehead atoms. The van der Waals surface area contributed by atoms with E-state index < -0.39 is 0 Å². The second-order valence-corrected chi connectivity index (χ2v) is 5.35. The molecule has 0 atom stereocenters. The number of nitrogens with one attached hydrogen (secondary N) is 1. The number of nitrogens with two attached hydrogens (primary N) is 1. The number of nitrogens with zero attached hydrogens (tertiary/aromatic N) is 4. The Bertz CT molecular complexity index is 902. The van der Waals surface area contributed by atoms with Gasteiger partial charge in [-0.25, -0.2) is 9.97 Å². The molecule has 0 spiro atoms. The first kappa shape index (κ1) is 19.5. The number of hydrogen-bond donors (Lipinski definition) is 2. The number of anilines is 3. The van der Waals surface area contributed by atoms with Gasteiger partial charge in [-0.1, -0.05) is 6.07 Å². The van der Waals surface area contributed by atoms with Gasteiger partial charge in [0, 0.05) is 36.9 Å². The summed E-state index contributed by atoms with van der Waals surface area (Å²) in [6.45, 7) is 1.94. The Morgan fingerprint density at radius 2 is 1.93 bits per heavy atom. The average molecular weight is 364 g/mol. The molecule has 8 heteroatoms. The third kappa shape index (κ3) is 4.85. The number of primary amides is 1. The summed E-state index contributed by atoms with van der Waals surface area (Å²) >= 11 is 0. The standard InChI is InChI=1S/C18H17N5O.CH3NO/c1-13-5-6-15(19-2)10-17(13)23(12-24)18-21-9-7-16(22-18)14-4-3-8-20-11-14;2-1-3/h3-12,19H,1-2H3;1H,(H2,2,3). The molecule has 27 heavy (non-hydrogen) atoms. The number of benzene rings is 1. The Hall–Kier alpha value is -3.81. The molecule has 1 aromatic carbocycles. The Morgan fingerprint density at radius 1 is 1.15 bits per heavy atom. The highest BCUT2D eigenvalue weighted by Crippen LogP contribution is 2.28. The fourth-order valence-electron chi connectivity index (χ4n) is 2.38. The van der Waals surface area contributed by atoms with Gasteiger partial charge in [0.1, 0.15) is 0 Å². The zero-order valence-electron chi connectivity index (χ0n) is 15.0. The molecule has 3 rings (SSSR count). The molecule has 2 amide bonds. The van der Waals surface area contributed by atoms with Gasteiger partial charge in [0.15, 0.2) is 0 Å². The van der Waals surface area contributed by atoms with Gasteiger partial charge in [0.2, 0.25) is 18.8 Å². The molecule has 0 aliphatic rings. The van der Waals surface area contributed by atoms with Crippen LogP contribution in [0.3, 0.4) is 0 Å². The first-order valence-electron chi connectivity index (χ1n) is 8.06. The van der Waals surface area contributed by atoms with E-state index in [4.69, 9.17) is 4.79 Å². The van der Waals surface area contributed by atoms with Gasteiger partial charge in [-0.2, -0.15) is 0 Å². The molecule has 2 heterocycles. The van der Waals surface area contributed by atoms with Gasteiger partial charge in [-0.3, -0.25) is 19.5 Å². The van der Waals surface area contributed by atoms with Crippen molar-refractivity contribution in [2.24, 2.45) is 5.73 Å². The van der Waals surface area contributed by atoms with Crippen LogP contribution < -0.4 is 16.0 Å². The first-order valence-corrected chi connectivity index (χ1v) is 8.06. The molecular weight excluding hydrogens is 344 g/mol. The lowest BCUT2D eigenvalue weighted by Gasteiger charge is -2.19. The quantitative estimate of drug-likeness (QED) is 0.671. The molecule has 8 nitrogen and oxygen atoms in total. The molecule has 0 aliphatic heterocycles. The summed E-state index contributed by atoms with van der Waals surface area (Å²) in [5.41, 5.74) is 8.35. The number of pyridine rings is 1. The van der Waals surface area contributed by atoms with Crippen LogP contribution in [0.5, 0.6) is 0 Å². The highest BCUT2D eigenvalue weighted by molar-refractivity contribution is 5.86. The largest absolute Gasteiger partial charge is 0.388 e. The molecule has 0 fully saturated rings. The maximum Gasteiger partial charge on any atom is 0.237 e. The molecule has 0 saturated carbocycles. The highest BCUT2D eigenvalue weighted by Gasteiger charge is 2.15. The third-order valence-corrected chi connectivity index (χ3v) is 3.68. The molecule has 3 N–H and O–H groups in total. The van der Waals surface area contributed by atoms with Crippen LogP contribution in [-0.4, -0.2) is 34.8 Å². The van der Waals surface area contributed by atoms with Crippen LogP contribution in [0.1, 0.15) is 5.56 Å². The zero-order chi connectivity index (χ0) is 19.6. The van der Waals surface area contributed by atoms with Gasteiger partial charge in [-0.15, -0.1) is 0 Å². The monoisotopic (exact) mass is 364 g/mol. The summed E-state index contributed by atoms with van der Waals surface area (Å²) in [4.78, 5) is 34.6. The molecule has 138 valence electrons. The van der Waals surface area contributed by atoms with Crippen molar-refractivity contribution < 1.29 is 9.59 Å². The van der Waals surface area contributed by atoms with Gasteiger partial charge >= 0.3 is 0 Å². The predicted molar refractivity (Wildman–Crippen MR) is 104 cm³/mol. The Kier molecular flexibility index (Phi) is 6.95. The summed E-state index contributed by atoms with van der Waals surface area (Å²) in [5.74, 6) is 0.322. The fraction of sp³-hybridized carbons (Fsp3) is 0.105. The van der Waals surface area contributed by atoms with E-state index in [0.29, 0.717) is 11.6 Å². The van der Waals surface area contributed by atoms with E-state index in [-0.39, 0.29) is 6.41 Å². The van der Waals surface area contributed by atoms with E-state index in [1.165, 1.54) is 4.90 Å². The second kappa shape index (κ2) is 9.62. The van der Waals surface area contributed by atoms with Crippen LogP contribution in [0.4, 0.5) is 17.3 Å². The van der Waals surface area contributed by atoms with E-state index in [0.717, 1.165) is 28.9 Å². The predicted octanol–water partition coefficient (Wildman–Crippen LogP) is 2.28. The Balaban J connectivity index is 0.000000817. The lowest BCUT2D eigenvalue weighted by atomic mass is 10.1. The minimum absolute atomic E-state index is 0.250. The van der Waals surface area contributed by atoms with Crippen molar-refractivity contribution in [2.45, 2.75) is 6.92 Å². The van der Waals surface area contributed by atoms with Crippen molar-refractivity contribution in [1.82, 2.24) is 15.0 Å². The van der Waals surface area contributed by atoms with E-state index >= 15 is 0 Å². The van der Waals surface area contributed by atoms with Crippen molar-refractivity contribution in [2.75, 3.05) is 17.3 Å². The van der Waals surface area contributed by atoms with E-state index in [2.05, 4.69) is 26.0 Å². The number of aryl methyl sites for hydroxylation is 1. The summed E-state index contributed by atoms with van der Waals surface area (Å²) in [7, 11) is 1.83. The third-order valence-electron chi connectivity index (χ3n) is 3.68. The van der Waals surface area contributed by atoms with Gasteiger partial charge in [0.25, 0.3) is 0 Å². The average Bonchev–Trinajstić information content (AvgIpc) is 2.71. The van der Waals surface area contributed by atoms with E-state index in [9.17, 15) is 4.79 Å². The van der Waals surface area contributed by atoms with Crippen LogP contribution in [0, 0.1) is 6.92 Å². The number of carbonyl (C=O) groups is 2. The second-order valence-electron chi connectivity index (χ2n) is 5.35. The van der Waals surface area contributed by atoms with Crippen LogP contribution in [0.15, 0.2) is 55.0 Å². The van der Waals surface area contributed by atoms with Crippen molar-refractivity contribution in [3.63, 3.8) is 0 Å². The van der Waals surface area contributed by atoms with Gasteiger partial charge in [0.05, 0.1) is 11.4 Å².